The molecule has 0 aromatic carbocycles. The number of aliphatic hydroxyl groups is 1. The van der Waals surface area contributed by atoms with Gasteiger partial charge >= 0.3 is 0 Å². The second-order valence-electron chi connectivity index (χ2n) is 3.42. The Bertz CT molecular complexity index is 104. The summed E-state index contributed by atoms with van der Waals surface area (Å²) >= 11 is 0. The second kappa shape index (κ2) is 8.48. The van der Waals surface area contributed by atoms with Crippen molar-refractivity contribution in [1.82, 2.24) is 0 Å². The predicted molar refractivity (Wildman–Crippen MR) is 52.8 cm³/mol. The van der Waals surface area contributed by atoms with Crippen molar-refractivity contribution < 1.29 is 14.6 Å². The van der Waals surface area contributed by atoms with Crippen LogP contribution in [0, 0.1) is 0 Å². The standard InChI is InChI=1S/C10H22O3/c1-4-5-6-12-8-10(3)13-7-9(2)11/h9-11H,4-8H2,1-3H3/t9-,10+/m0/s1. The molecule has 13 heavy (non-hydrogen) atoms. The molecule has 0 saturated carbocycles. The summed E-state index contributed by atoms with van der Waals surface area (Å²) in [6.07, 6.45) is 1.94. The molecule has 0 saturated heterocycles. The fraction of sp³-hybridized carbons (Fsp3) is 1.00. The molecular weight excluding hydrogens is 168 g/mol. The van der Waals surface area contributed by atoms with E-state index in [2.05, 4.69) is 6.92 Å². The third-order valence-corrected chi connectivity index (χ3v) is 1.62. The predicted octanol–water partition coefficient (Wildman–Crippen LogP) is 1.59. The number of unbranched alkanes of at least 4 members (excludes halogenated alkanes) is 1. The molecule has 3 heteroatoms. The Morgan fingerprint density at radius 3 is 2.46 bits per heavy atom. The molecule has 0 unspecified atom stereocenters. The van der Waals surface area contributed by atoms with E-state index < -0.39 is 6.10 Å². The summed E-state index contributed by atoms with van der Waals surface area (Å²) in [7, 11) is 0. The lowest BCUT2D eigenvalue weighted by Gasteiger charge is -2.14. The Labute approximate surface area is 81.0 Å². The summed E-state index contributed by atoms with van der Waals surface area (Å²) < 4.78 is 10.7. The first-order chi connectivity index (χ1) is 6.16. The highest BCUT2D eigenvalue weighted by atomic mass is 16.5. The van der Waals surface area contributed by atoms with Crippen molar-refractivity contribution in [2.45, 2.75) is 45.8 Å². The van der Waals surface area contributed by atoms with E-state index in [0.717, 1.165) is 19.4 Å². The summed E-state index contributed by atoms with van der Waals surface area (Å²) in [5.41, 5.74) is 0. The third kappa shape index (κ3) is 9.80. The SMILES string of the molecule is CCCCOC[C@@H](C)OC[C@H](C)O. The summed E-state index contributed by atoms with van der Waals surface area (Å²) in [5.74, 6) is 0. The zero-order chi connectivity index (χ0) is 10.1. The van der Waals surface area contributed by atoms with E-state index in [-0.39, 0.29) is 6.10 Å². The molecule has 2 atom stereocenters. The van der Waals surface area contributed by atoms with E-state index in [1.165, 1.54) is 0 Å². The van der Waals surface area contributed by atoms with Gasteiger partial charge in [0.25, 0.3) is 0 Å². The molecule has 0 aliphatic heterocycles. The van der Waals surface area contributed by atoms with Crippen LogP contribution in [0.4, 0.5) is 0 Å². The minimum absolute atomic E-state index is 0.0754. The van der Waals surface area contributed by atoms with Crippen molar-refractivity contribution >= 4 is 0 Å². The number of hydrogen-bond donors (Lipinski definition) is 1. The smallest absolute Gasteiger partial charge is 0.0781 e. The Balaban J connectivity index is 3.15. The number of hydrogen-bond acceptors (Lipinski definition) is 3. The van der Waals surface area contributed by atoms with Gasteiger partial charge in [0.2, 0.25) is 0 Å². The van der Waals surface area contributed by atoms with Crippen LogP contribution in [0.5, 0.6) is 0 Å². The molecule has 0 spiro atoms. The molecule has 0 bridgehead atoms. The third-order valence-electron chi connectivity index (χ3n) is 1.62. The molecule has 0 heterocycles. The summed E-state index contributed by atoms with van der Waals surface area (Å²) in [6, 6.07) is 0. The first-order valence-corrected chi connectivity index (χ1v) is 5.04. The van der Waals surface area contributed by atoms with Crippen molar-refractivity contribution in [2.24, 2.45) is 0 Å². The van der Waals surface area contributed by atoms with Crippen LogP contribution in [0.15, 0.2) is 0 Å². The highest BCUT2D eigenvalue weighted by Gasteiger charge is 2.03. The monoisotopic (exact) mass is 190 g/mol. The molecular formula is C10H22O3. The lowest BCUT2D eigenvalue weighted by Crippen LogP contribution is -2.21. The van der Waals surface area contributed by atoms with Gasteiger partial charge in [-0.2, -0.15) is 0 Å². The first kappa shape index (κ1) is 12.9. The molecule has 3 nitrogen and oxygen atoms in total. The molecule has 0 rings (SSSR count). The minimum atomic E-state index is -0.391. The lowest BCUT2D eigenvalue weighted by molar-refractivity contribution is -0.0367. The van der Waals surface area contributed by atoms with Crippen molar-refractivity contribution in [2.75, 3.05) is 19.8 Å². The van der Waals surface area contributed by atoms with E-state index in [4.69, 9.17) is 14.6 Å². The molecule has 0 aromatic heterocycles. The highest BCUT2D eigenvalue weighted by Crippen LogP contribution is 1.95. The Morgan fingerprint density at radius 2 is 1.92 bits per heavy atom. The van der Waals surface area contributed by atoms with Crippen LogP contribution in [0.25, 0.3) is 0 Å². The number of aliphatic hydroxyl groups excluding tert-OH is 1. The fourth-order valence-electron chi connectivity index (χ4n) is 0.847. The van der Waals surface area contributed by atoms with E-state index in [9.17, 15) is 0 Å². The van der Waals surface area contributed by atoms with E-state index in [0.29, 0.717) is 13.2 Å². The summed E-state index contributed by atoms with van der Waals surface area (Å²) in [5, 5.41) is 8.95. The maximum absolute atomic E-state index is 8.95. The van der Waals surface area contributed by atoms with Crippen LogP contribution in [-0.2, 0) is 9.47 Å². The van der Waals surface area contributed by atoms with Gasteiger partial charge in [0.1, 0.15) is 0 Å². The minimum Gasteiger partial charge on any atom is -0.391 e. The van der Waals surface area contributed by atoms with Gasteiger partial charge in [0, 0.05) is 6.61 Å². The molecule has 0 amide bonds. The van der Waals surface area contributed by atoms with Crippen LogP contribution >= 0.6 is 0 Å². The van der Waals surface area contributed by atoms with E-state index in [1.807, 2.05) is 6.92 Å². The Morgan fingerprint density at radius 1 is 1.23 bits per heavy atom. The van der Waals surface area contributed by atoms with Gasteiger partial charge in [-0.1, -0.05) is 13.3 Å². The maximum atomic E-state index is 8.95. The van der Waals surface area contributed by atoms with Gasteiger partial charge in [-0.25, -0.2) is 0 Å². The Kier molecular flexibility index (Phi) is 8.40. The van der Waals surface area contributed by atoms with E-state index >= 15 is 0 Å². The average Bonchev–Trinajstić information content (AvgIpc) is 2.09. The van der Waals surface area contributed by atoms with Crippen LogP contribution in [0.1, 0.15) is 33.6 Å². The quantitative estimate of drug-likeness (QED) is 0.591. The maximum Gasteiger partial charge on any atom is 0.0781 e. The summed E-state index contributed by atoms with van der Waals surface area (Å²) in [6.45, 7) is 7.61. The van der Waals surface area contributed by atoms with Crippen LogP contribution < -0.4 is 0 Å². The molecule has 0 fully saturated rings. The molecule has 0 aromatic rings. The summed E-state index contributed by atoms with van der Waals surface area (Å²) in [4.78, 5) is 0. The average molecular weight is 190 g/mol. The molecule has 0 aliphatic rings. The highest BCUT2D eigenvalue weighted by molar-refractivity contribution is 4.50. The van der Waals surface area contributed by atoms with Gasteiger partial charge < -0.3 is 14.6 Å². The lowest BCUT2D eigenvalue weighted by atomic mass is 10.3. The van der Waals surface area contributed by atoms with Gasteiger partial charge in [0.05, 0.1) is 25.4 Å². The van der Waals surface area contributed by atoms with Crippen LogP contribution in [-0.4, -0.2) is 37.1 Å². The zero-order valence-electron chi connectivity index (χ0n) is 8.95. The van der Waals surface area contributed by atoms with E-state index in [1.54, 1.807) is 6.92 Å². The fourth-order valence-corrected chi connectivity index (χ4v) is 0.847. The van der Waals surface area contributed by atoms with Crippen LogP contribution in [0.2, 0.25) is 0 Å². The van der Waals surface area contributed by atoms with Crippen molar-refractivity contribution in [3.8, 4) is 0 Å². The molecule has 0 aliphatic carbocycles. The van der Waals surface area contributed by atoms with Gasteiger partial charge in [-0.3, -0.25) is 0 Å². The zero-order valence-corrected chi connectivity index (χ0v) is 8.95. The van der Waals surface area contributed by atoms with Crippen LogP contribution in [0.3, 0.4) is 0 Å². The topological polar surface area (TPSA) is 38.7 Å². The molecule has 1 N–H and O–H groups in total. The first-order valence-electron chi connectivity index (χ1n) is 5.04. The Hall–Kier alpha value is -0.120. The number of ether oxygens (including phenoxy) is 2. The molecule has 80 valence electrons. The van der Waals surface area contributed by atoms with Gasteiger partial charge in [0.15, 0.2) is 0 Å². The van der Waals surface area contributed by atoms with Crippen molar-refractivity contribution in [3.05, 3.63) is 0 Å². The second-order valence-corrected chi connectivity index (χ2v) is 3.42. The number of rotatable bonds is 8. The molecule has 0 radical (unpaired) electrons. The normalized spacial score (nSPS) is 15.7. The van der Waals surface area contributed by atoms with Crippen molar-refractivity contribution in [3.63, 3.8) is 0 Å². The largest absolute Gasteiger partial charge is 0.391 e. The van der Waals surface area contributed by atoms with Gasteiger partial charge in [-0.05, 0) is 20.3 Å². The van der Waals surface area contributed by atoms with Gasteiger partial charge in [-0.15, -0.1) is 0 Å². The van der Waals surface area contributed by atoms with Crippen molar-refractivity contribution in [1.29, 1.82) is 0 Å².